The molecule has 1 aromatic carbocycles. The van der Waals surface area contributed by atoms with Gasteiger partial charge in [-0.05, 0) is 36.6 Å². The highest BCUT2D eigenvalue weighted by Gasteiger charge is 2.67. The van der Waals surface area contributed by atoms with Crippen LogP contribution in [0.5, 0.6) is 0 Å². The number of nitrogens with zero attached hydrogens (tertiary/aromatic N) is 2. The summed E-state index contributed by atoms with van der Waals surface area (Å²) in [5.74, 6) is 0.638. The third-order valence-corrected chi connectivity index (χ3v) is 7.40. The fraction of sp³-hybridized carbons (Fsp3) is 0.476. The molecule has 4 heteroatoms. The lowest BCUT2D eigenvalue weighted by molar-refractivity contribution is -0.118. The van der Waals surface area contributed by atoms with Crippen LogP contribution in [0.3, 0.4) is 0 Å². The predicted octanol–water partition coefficient (Wildman–Crippen LogP) is 2.00. The van der Waals surface area contributed by atoms with Crippen molar-refractivity contribution in [2.45, 2.75) is 36.8 Å². The maximum absolute atomic E-state index is 12.9. The molecular weight excluding hydrogens is 312 g/mol. The lowest BCUT2D eigenvalue weighted by Gasteiger charge is -2.54. The van der Waals surface area contributed by atoms with Gasteiger partial charge < -0.3 is 10.0 Å². The van der Waals surface area contributed by atoms with Crippen molar-refractivity contribution in [3.05, 3.63) is 53.1 Å². The van der Waals surface area contributed by atoms with Crippen LogP contribution in [0.1, 0.15) is 24.8 Å². The second kappa shape index (κ2) is 4.63. The van der Waals surface area contributed by atoms with Gasteiger partial charge in [-0.15, -0.1) is 0 Å². The van der Waals surface area contributed by atoms with Gasteiger partial charge >= 0.3 is 0 Å². The van der Waals surface area contributed by atoms with Gasteiger partial charge in [-0.2, -0.15) is 0 Å². The first-order valence-electron chi connectivity index (χ1n) is 9.41. The molecule has 0 unspecified atom stereocenters. The van der Waals surface area contributed by atoms with Crippen LogP contribution in [0.25, 0.3) is 0 Å². The van der Waals surface area contributed by atoms with Crippen LogP contribution < -0.4 is 4.90 Å². The SMILES string of the molecule is O=C1CC=C2[C@H]3C[C@@H]4N(CC[C@@]45c4ccccc4N1[C@@H]25)C/C3=C/CO. The normalized spacial score (nSPS) is 39.5. The van der Waals surface area contributed by atoms with E-state index >= 15 is 0 Å². The van der Waals surface area contributed by atoms with Crippen molar-refractivity contribution in [1.29, 1.82) is 0 Å². The molecule has 4 atom stereocenters. The quantitative estimate of drug-likeness (QED) is 0.799. The Hall–Kier alpha value is -1.91. The van der Waals surface area contributed by atoms with Crippen molar-refractivity contribution >= 4 is 11.6 Å². The van der Waals surface area contributed by atoms with Crippen molar-refractivity contribution in [1.82, 2.24) is 4.90 Å². The van der Waals surface area contributed by atoms with Crippen LogP contribution in [0.15, 0.2) is 47.6 Å². The van der Waals surface area contributed by atoms with Gasteiger partial charge in [0.1, 0.15) is 0 Å². The monoisotopic (exact) mass is 334 g/mol. The summed E-state index contributed by atoms with van der Waals surface area (Å²) in [5.41, 5.74) is 5.39. The molecule has 4 heterocycles. The first kappa shape index (κ1) is 14.3. The summed E-state index contributed by atoms with van der Waals surface area (Å²) in [6.45, 7) is 2.16. The molecule has 1 N–H and O–H groups in total. The lowest BCUT2D eigenvalue weighted by Crippen LogP contribution is -2.62. The van der Waals surface area contributed by atoms with Gasteiger partial charge in [-0.1, -0.05) is 35.9 Å². The van der Waals surface area contributed by atoms with Crippen LogP contribution in [0, 0.1) is 5.92 Å². The molecule has 25 heavy (non-hydrogen) atoms. The third kappa shape index (κ3) is 1.50. The predicted molar refractivity (Wildman–Crippen MR) is 95.3 cm³/mol. The molecule has 4 nitrogen and oxygen atoms in total. The molecule has 0 radical (unpaired) electrons. The number of piperidine rings is 1. The van der Waals surface area contributed by atoms with E-state index in [9.17, 15) is 9.90 Å². The number of aliphatic hydroxyl groups excluding tert-OH is 1. The van der Waals surface area contributed by atoms with Gasteiger partial charge in [0.05, 0.1) is 12.6 Å². The molecule has 0 aromatic heterocycles. The van der Waals surface area contributed by atoms with Crippen molar-refractivity contribution in [3.63, 3.8) is 0 Å². The van der Waals surface area contributed by atoms with Gasteiger partial charge in [-0.3, -0.25) is 9.69 Å². The lowest BCUT2D eigenvalue weighted by atomic mass is 9.57. The number of carbonyl (C=O) groups is 1. The van der Waals surface area contributed by atoms with Crippen molar-refractivity contribution in [2.24, 2.45) is 5.92 Å². The molecule has 1 aliphatic carbocycles. The highest BCUT2D eigenvalue weighted by Crippen LogP contribution is 2.63. The topological polar surface area (TPSA) is 43.8 Å². The number of rotatable bonds is 1. The third-order valence-electron chi connectivity index (χ3n) is 7.40. The highest BCUT2D eigenvalue weighted by molar-refractivity contribution is 6.00. The van der Waals surface area contributed by atoms with Crippen molar-refractivity contribution in [3.8, 4) is 0 Å². The fourth-order valence-electron chi connectivity index (χ4n) is 6.62. The zero-order chi connectivity index (χ0) is 16.8. The first-order chi connectivity index (χ1) is 12.3. The summed E-state index contributed by atoms with van der Waals surface area (Å²) in [5, 5.41) is 9.50. The van der Waals surface area contributed by atoms with Gasteiger partial charge in [-0.25, -0.2) is 0 Å². The summed E-state index contributed by atoms with van der Waals surface area (Å²) >= 11 is 0. The number of para-hydroxylation sites is 1. The summed E-state index contributed by atoms with van der Waals surface area (Å²) < 4.78 is 0. The minimum atomic E-state index is 0.0692. The van der Waals surface area contributed by atoms with Gasteiger partial charge in [0.25, 0.3) is 0 Å². The van der Waals surface area contributed by atoms with E-state index in [-0.39, 0.29) is 24.0 Å². The molecule has 2 bridgehead atoms. The summed E-state index contributed by atoms with van der Waals surface area (Å²) in [6.07, 6.45) is 6.99. The van der Waals surface area contributed by atoms with Crippen LogP contribution in [0.4, 0.5) is 5.69 Å². The van der Waals surface area contributed by atoms with Gasteiger partial charge in [0.15, 0.2) is 0 Å². The summed E-state index contributed by atoms with van der Waals surface area (Å²) in [4.78, 5) is 17.6. The van der Waals surface area contributed by atoms with Crippen LogP contribution in [-0.2, 0) is 10.2 Å². The fourth-order valence-corrected chi connectivity index (χ4v) is 6.62. The first-order valence-corrected chi connectivity index (χ1v) is 9.41. The second-order valence-corrected chi connectivity index (χ2v) is 8.12. The van der Waals surface area contributed by atoms with Crippen LogP contribution in [0.2, 0.25) is 0 Å². The molecule has 1 spiro atoms. The molecule has 1 amide bonds. The standard InChI is InChI=1S/C21H22N2O2/c24-10-7-13-12-22-9-8-21-16-3-1-2-4-17(16)23-19(25)6-5-14(20(21)23)15(13)11-18(21)22/h1-5,7,15,18,20,24H,6,8-12H2/b13-7-/t15-,18-,20-,21+/m0/s1. The Morgan fingerprint density at radius 2 is 2.20 bits per heavy atom. The Labute approximate surface area is 147 Å². The molecule has 2 saturated heterocycles. The zero-order valence-electron chi connectivity index (χ0n) is 14.2. The van der Waals surface area contributed by atoms with Crippen molar-refractivity contribution in [2.75, 3.05) is 24.6 Å². The number of hydrogen-bond acceptors (Lipinski definition) is 3. The molecular formula is C21H22N2O2. The van der Waals surface area contributed by atoms with Gasteiger partial charge in [0.2, 0.25) is 5.91 Å². The van der Waals surface area contributed by atoms with E-state index in [2.05, 4.69) is 40.1 Å². The molecule has 4 aliphatic heterocycles. The molecule has 3 fully saturated rings. The van der Waals surface area contributed by atoms with Crippen LogP contribution in [-0.4, -0.2) is 47.7 Å². The maximum atomic E-state index is 12.9. The number of aliphatic hydroxyl groups is 1. The minimum Gasteiger partial charge on any atom is -0.392 e. The number of amides is 1. The second-order valence-electron chi connectivity index (χ2n) is 8.12. The van der Waals surface area contributed by atoms with E-state index < -0.39 is 0 Å². The average Bonchev–Trinajstić information content (AvgIpc) is 3.17. The Bertz CT molecular complexity index is 857. The maximum Gasteiger partial charge on any atom is 0.231 e. The zero-order valence-corrected chi connectivity index (χ0v) is 14.2. The van der Waals surface area contributed by atoms with E-state index in [0.717, 1.165) is 31.6 Å². The van der Waals surface area contributed by atoms with Gasteiger partial charge in [0, 0.05) is 36.0 Å². The van der Waals surface area contributed by atoms with E-state index in [1.54, 1.807) is 0 Å². The Balaban J connectivity index is 1.64. The van der Waals surface area contributed by atoms with Crippen LogP contribution >= 0.6 is 0 Å². The van der Waals surface area contributed by atoms with E-state index in [1.165, 1.54) is 16.7 Å². The Morgan fingerprint density at radius 1 is 1.32 bits per heavy atom. The minimum absolute atomic E-state index is 0.0692. The average molecular weight is 334 g/mol. The summed E-state index contributed by atoms with van der Waals surface area (Å²) in [6, 6.07) is 9.29. The number of anilines is 1. The molecule has 128 valence electrons. The van der Waals surface area contributed by atoms with Crippen molar-refractivity contribution < 1.29 is 9.90 Å². The van der Waals surface area contributed by atoms with E-state index in [4.69, 9.17) is 0 Å². The Morgan fingerprint density at radius 3 is 3.08 bits per heavy atom. The molecule has 1 aromatic rings. The number of carbonyl (C=O) groups excluding carboxylic acids is 1. The van der Waals surface area contributed by atoms with E-state index in [1.807, 2.05) is 6.08 Å². The molecule has 1 saturated carbocycles. The molecule has 6 rings (SSSR count). The number of benzene rings is 1. The summed E-state index contributed by atoms with van der Waals surface area (Å²) in [7, 11) is 0. The van der Waals surface area contributed by atoms with E-state index in [0.29, 0.717) is 18.4 Å². The Kier molecular flexibility index (Phi) is 2.64. The number of fused-ring (bicyclic) bond motifs is 4. The molecule has 5 aliphatic rings. The number of hydrogen-bond donors (Lipinski definition) is 1. The highest BCUT2D eigenvalue weighted by atomic mass is 16.2. The largest absolute Gasteiger partial charge is 0.392 e. The smallest absolute Gasteiger partial charge is 0.231 e.